The number of aryl methyl sites for hydroxylation is 2. The van der Waals surface area contributed by atoms with Crippen molar-refractivity contribution in [1.29, 1.82) is 0 Å². The molecule has 2 N–H and O–H groups in total. The van der Waals surface area contributed by atoms with Crippen LogP contribution in [-0.2, 0) is 0 Å². The van der Waals surface area contributed by atoms with Gasteiger partial charge in [0.25, 0.3) is 0 Å². The molecule has 5 heterocycles. The topological polar surface area (TPSA) is 83.4 Å². The van der Waals surface area contributed by atoms with Gasteiger partial charge in [-0.15, -0.1) is 0 Å². The number of nitrogens with zero attached hydrogens (tertiary/aromatic N) is 3. The Hall–Kier alpha value is -2.93. The van der Waals surface area contributed by atoms with E-state index in [-0.39, 0.29) is 0 Å². The minimum atomic E-state index is 0.828. The maximum absolute atomic E-state index is 5.16. The molecule has 26 heavy (non-hydrogen) atoms. The average Bonchev–Trinajstić information content (AvgIpc) is 3.34. The Bertz CT molecular complexity index is 1170. The van der Waals surface area contributed by atoms with Gasteiger partial charge in [0.15, 0.2) is 0 Å². The van der Waals surface area contributed by atoms with Gasteiger partial charge in [-0.05, 0) is 54.0 Å². The average molecular weight is 410 g/mol. The van der Waals surface area contributed by atoms with Crippen molar-refractivity contribution in [2.75, 3.05) is 0 Å². The lowest BCUT2D eigenvalue weighted by molar-refractivity contribution is 0.393. The van der Waals surface area contributed by atoms with E-state index in [9.17, 15) is 0 Å². The van der Waals surface area contributed by atoms with Crippen LogP contribution in [0.3, 0.4) is 0 Å². The van der Waals surface area contributed by atoms with E-state index in [4.69, 9.17) is 4.52 Å². The largest absolute Gasteiger partial charge is 0.361 e. The summed E-state index contributed by atoms with van der Waals surface area (Å²) in [6.07, 6.45) is 7.38. The smallest absolute Gasteiger partial charge is 0.141 e. The van der Waals surface area contributed by atoms with Crippen LogP contribution < -0.4 is 0 Å². The molecule has 0 aliphatic rings. The van der Waals surface area contributed by atoms with E-state index >= 15 is 0 Å². The van der Waals surface area contributed by atoms with Gasteiger partial charge in [-0.3, -0.25) is 0 Å². The molecule has 5 aromatic heterocycles. The van der Waals surface area contributed by atoms with E-state index < -0.39 is 0 Å². The molecule has 5 rings (SSSR count). The Morgan fingerprint density at radius 1 is 0.923 bits per heavy atom. The highest BCUT2D eigenvalue weighted by atomic mass is 79.9. The summed E-state index contributed by atoms with van der Waals surface area (Å²) < 4.78 is 6.17. The molecule has 130 valence electrons. The summed E-state index contributed by atoms with van der Waals surface area (Å²) in [5, 5.41) is 6.18. The predicted octanol–water partition coefficient (Wildman–Crippen LogP) is 5.16. The number of hydrogen-bond donors (Lipinski definition) is 2. The minimum absolute atomic E-state index is 0.828. The third-order valence-electron chi connectivity index (χ3n) is 4.09. The molecule has 0 aromatic carbocycles. The van der Waals surface area contributed by atoms with E-state index in [1.807, 2.05) is 50.6 Å². The Kier molecular flexibility index (Phi) is 4.30. The number of H-pyrrole nitrogens is 2. The molecule has 0 amide bonds. The van der Waals surface area contributed by atoms with E-state index in [2.05, 4.69) is 47.1 Å². The van der Waals surface area contributed by atoms with Crippen molar-refractivity contribution < 1.29 is 4.52 Å². The lowest BCUT2D eigenvalue weighted by Gasteiger charge is -1.99. The highest BCUT2D eigenvalue weighted by Gasteiger charge is 2.12. The Morgan fingerprint density at radius 3 is 2.23 bits per heavy atom. The van der Waals surface area contributed by atoms with Gasteiger partial charge in [-0.1, -0.05) is 5.16 Å². The van der Waals surface area contributed by atoms with Crippen molar-refractivity contribution >= 4 is 38.0 Å². The normalized spacial score (nSPS) is 10.9. The summed E-state index contributed by atoms with van der Waals surface area (Å²) in [5.74, 6) is 0.828. The van der Waals surface area contributed by atoms with Crippen molar-refractivity contribution in [2.24, 2.45) is 0 Å². The summed E-state index contributed by atoms with van der Waals surface area (Å²) in [6, 6.07) is 8.11. The maximum Gasteiger partial charge on any atom is 0.141 e. The molecule has 0 aliphatic carbocycles. The molecule has 7 heteroatoms. The zero-order valence-corrected chi connectivity index (χ0v) is 15.8. The zero-order chi connectivity index (χ0) is 18.1. The highest BCUT2D eigenvalue weighted by molar-refractivity contribution is 9.10. The molecule has 6 nitrogen and oxygen atoms in total. The predicted molar refractivity (Wildman–Crippen MR) is 105 cm³/mol. The fourth-order valence-corrected chi connectivity index (χ4v) is 3.23. The second-order valence-electron chi connectivity index (χ2n) is 5.91. The molecule has 0 saturated heterocycles. The standard InChI is InChI=1S/C12H11N3O.C7H5BrN2/c1-7-11(8(2)16-15-7)10-5-9-3-4-13-12(9)14-6-10;8-6-3-5-1-2-9-7(5)10-4-6/h3-6H,1-2H3,(H,13,14);1-4H,(H,9,10). The first-order chi connectivity index (χ1) is 12.6. The molecule has 0 aliphatic heterocycles. The summed E-state index contributed by atoms with van der Waals surface area (Å²) in [6.45, 7) is 3.85. The summed E-state index contributed by atoms with van der Waals surface area (Å²) in [5.41, 5.74) is 4.81. The van der Waals surface area contributed by atoms with Gasteiger partial charge in [0, 0.05) is 51.2 Å². The first kappa shape index (κ1) is 16.5. The van der Waals surface area contributed by atoms with E-state index in [0.717, 1.165) is 49.1 Å². The number of hydrogen-bond acceptors (Lipinski definition) is 4. The Balaban J connectivity index is 0.000000144. The first-order valence-corrected chi connectivity index (χ1v) is 8.86. The van der Waals surface area contributed by atoms with Crippen LogP contribution in [0.5, 0.6) is 0 Å². The molecule has 5 aromatic rings. The molecule has 0 unspecified atom stereocenters. The number of fused-ring (bicyclic) bond motifs is 2. The quantitative estimate of drug-likeness (QED) is 0.400. The molecule has 0 spiro atoms. The van der Waals surface area contributed by atoms with Crippen molar-refractivity contribution in [3.05, 3.63) is 65.0 Å². The molecule has 0 radical (unpaired) electrons. The van der Waals surface area contributed by atoms with Crippen LogP contribution >= 0.6 is 15.9 Å². The van der Waals surface area contributed by atoms with E-state index in [1.54, 1.807) is 6.20 Å². The summed E-state index contributed by atoms with van der Waals surface area (Å²) in [7, 11) is 0. The van der Waals surface area contributed by atoms with E-state index in [0.29, 0.717) is 0 Å². The maximum atomic E-state index is 5.16. The molecule has 0 fully saturated rings. The minimum Gasteiger partial charge on any atom is -0.361 e. The number of aromatic nitrogens is 5. The fourth-order valence-electron chi connectivity index (χ4n) is 2.88. The SMILES string of the molecule is Brc1cnc2[nH]ccc2c1.Cc1noc(C)c1-c1cnc2[nH]ccc2c1. The van der Waals surface area contributed by atoms with Gasteiger partial charge in [0.05, 0.1) is 5.69 Å². The monoisotopic (exact) mass is 409 g/mol. The van der Waals surface area contributed by atoms with Crippen LogP contribution in [0.1, 0.15) is 11.5 Å². The molecule has 0 saturated carbocycles. The van der Waals surface area contributed by atoms with Crippen molar-refractivity contribution in [2.45, 2.75) is 13.8 Å². The van der Waals surface area contributed by atoms with Gasteiger partial charge in [-0.25, -0.2) is 9.97 Å². The molecular formula is C19H16BrN5O. The third-order valence-corrected chi connectivity index (χ3v) is 4.52. The van der Waals surface area contributed by atoms with Crippen molar-refractivity contribution in [1.82, 2.24) is 25.1 Å². The second-order valence-corrected chi connectivity index (χ2v) is 6.82. The number of rotatable bonds is 1. The molecule has 0 bridgehead atoms. The van der Waals surface area contributed by atoms with Crippen molar-refractivity contribution in [3.63, 3.8) is 0 Å². The van der Waals surface area contributed by atoms with Crippen LogP contribution in [-0.4, -0.2) is 25.1 Å². The zero-order valence-electron chi connectivity index (χ0n) is 14.2. The van der Waals surface area contributed by atoms with Crippen molar-refractivity contribution in [3.8, 4) is 11.1 Å². The van der Waals surface area contributed by atoms with Crippen LogP contribution in [0.4, 0.5) is 0 Å². The number of pyridine rings is 2. The highest BCUT2D eigenvalue weighted by Crippen LogP contribution is 2.28. The lowest BCUT2D eigenvalue weighted by atomic mass is 10.1. The van der Waals surface area contributed by atoms with Crippen LogP contribution in [0, 0.1) is 13.8 Å². The van der Waals surface area contributed by atoms with Crippen LogP contribution in [0.15, 0.2) is 58.0 Å². The molecular weight excluding hydrogens is 394 g/mol. The summed E-state index contributed by atoms with van der Waals surface area (Å²) >= 11 is 3.34. The van der Waals surface area contributed by atoms with Crippen LogP contribution in [0.2, 0.25) is 0 Å². The number of nitrogens with one attached hydrogen (secondary N) is 2. The van der Waals surface area contributed by atoms with Gasteiger partial charge >= 0.3 is 0 Å². The van der Waals surface area contributed by atoms with Gasteiger partial charge < -0.3 is 14.5 Å². The van der Waals surface area contributed by atoms with Crippen LogP contribution in [0.25, 0.3) is 33.2 Å². The Labute approximate surface area is 157 Å². The fraction of sp³-hybridized carbons (Fsp3) is 0.105. The second kappa shape index (κ2) is 6.76. The number of aromatic amines is 2. The summed E-state index contributed by atoms with van der Waals surface area (Å²) in [4.78, 5) is 14.6. The first-order valence-electron chi connectivity index (χ1n) is 8.07. The molecule has 0 atom stereocenters. The lowest BCUT2D eigenvalue weighted by Crippen LogP contribution is -1.84. The van der Waals surface area contributed by atoms with Gasteiger partial charge in [0.1, 0.15) is 17.1 Å². The number of halogens is 1. The van der Waals surface area contributed by atoms with Gasteiger partial charge in [0.2, 0.25) is 0 Å². The third kappa shape index (κ3) is 3.13. The van der Waals surface area contributed by atoms with Gasteiger partial charge in [-0.2, -0.15) is 0 Å². The van der Waals surface area contributed by atoms with E-state index in [1.165, 1.54) is 0 Å². The Morgan fingerprint density at radius 2 is 1.58 bits per heavy atom.